The number of nitrogens with one attached hydrogen (secondary N) is 1. The molecule has 1 aliphatic rings. The molecule has 0 saturated heterocycles. The van der Waals surface area contributed by atoms with Crippen molar-refractivity contribution in [3.8, 4) is 11.5 Å². The van der Waals surface area contributed by atoms with E-state index in [1.54, 1.807) is 18.2 Å². The minimum atomic E-state index is -4.46. The summed E-state index contributed by atoms with van der Waals surface area (Å²) < 4.78 is 43.1. The lowest BCUT2D eigenvalue weighted by Crippen LogP contribution is -2.13. The highest BCUT2D eigenvalue weighted by atomic mass is 35.5. The van der Waals surface area contributed by atoms with Crippen LogP contribution in [0.1, 0.15) is 40.5 Å². The van der Waals surface area contributed by atoms with Gasteiger partial charge in [-0.2, -0.15) is 18.2 Å². The first kappa shape index (κ1) is 18.5. The fourth-order valence-corrected chi connectivity index (χ4v) is 2.84. The molecule has 1 aliphatic carbocycles. The number of rotatable bonds is 4. The Bertz CT molecular complexity index is 1030. The molecule has 1 N–H and O–H groups in total. The standard InChI is InChI=1S/C19H13ClF3N3O2/c20-14-9-12(18-25-16(26-28-18)10-1-2-10)5-8-15(14)24-17(27)11-3-6-13(7-4-11)19(21,22)23/h3-10H,1-2H2,(H,24,27). The van der Waals surface area contributed by atoms with Crippen molar-refractivity contribution in [1.29, 1.82) is 0 Å². The zero-order valence-electron chi connectivity index (χ0n) is 14.3. The molecule has 4 rings (SSSR count). The Kier molecular flexibility index (Phi) is 4.58. The highest BCUT2D eigenvalue weighted by Crippen LogP contribution is 2.39. The number of halogens is 4. The van der Waals surface area contributed by atoms with E-state index in [0.717, 1.165) is 37.1 Å². The topological polar surface area (TPSA) is 68.0 Å². The maximum atomic E-state index is 12.6. The lowest BCUT2D eigenvalue weighted by Gasteiger charge is -2.10. The molecular weight excluding hydrogens is 395 g/mol. The van der Waals surface area contributed by atoms with Crippen LogP contribution in [-0.4, -0.2) is 16.0 Å². The zero-order chi connectivity index (χ0) is 19.9. The van der Waals surface area contributed by atoms with Gasteiger partial charge in [-0.25, -0.2) is 0 Å². The molecular formula is C19H13ClF3N3O2. The van der Waals surface area contributed by atoms with Crippen LogP contribution in [0.25, 0.3) is 11.5 Å². The van der Waals surface area contributed by atoms with Gasteiger partial charge in [-0.05, 0) is 55.3 Å². The van der Waals surface area contributed by atoms with E-state index in [1.807, 2.05) is 0 Å². The lowest BCUT2D eigenvalue weighted by molar-refractivity contribution is -0.137. The number of alkyl halides is 3. The highest BCUT2D eigenvalue weighted by molar-refractivity contribution is 6.34. The van der Waals surface area contributed by atoms with Crippen molar-refractivity contribution < 1.29 is 22.5 Å². The van der Waals surface area contributed by atoms with Gasteiger partial charge in [0.1, 0.15) is 0 Å². The Labute approximate surface area is 162 Å². The average Bonchev–Trinajstić information content (AvgIpc) is 3.39. The Morgan fingerprint density at radius 1 is 1.14 bits per heavy atom. The van der Waals surface area contributed by atoms with Gasteiger partial charge in [0.25, 0.3) is 11.8 Å². The third-order valence-electron chi connectivity index (χ3n) is 4.32. The van der Waals surface area contributed by atoms with Gasteiger partial charge < -0.3 is 9.84 Å². The van der Waals surface area contributed by atoms with E-state index in [4.69, 9.17) is 16.1 Å². The summed E-state index contributed by atoms with van der Waals surface area (Å²) in [6.07, 6.45) is -2.36. The summed E-state index contributed by atoms with van der Waals surface area (Å²) in [7, 11) is 0. The molecule has 0 unspecified atom stereocenters. The van der Waals surface area contributed by atoms with Crippen LogP contribution in [0.3, 0.4) is 0 Å². The summed E-state index contributed by atoms with van der Waals surface area (Å²) in [5, 5.41) is 6.76. The van der Waals surface area contributed by atoms with E-state index in [-0.39, 0.29) is 10.6 Å². The van der Waals surface area contributed by atoms with Gasteiger partial charge in [0.05, 0.1) is 16.3 Å². The molecule has 0 aliphatic heterocycles. The average molecular weight is 408 g/mol. The molecule has 1 aromatic heterocycles. The second-order valence-corrected chi connectivity index (χ2v) is 6.86. The van der Waals surface area contributed by atoms with Gasteiger partial charge in [0.2, 0.25) is 0 Å². The third kappa shape index (κ3) is 3.87. The van der Waals surface area contributed by atoms with Gasteiger partial charge in [-0.1, -0.05) is 16.8 Å². The van der Waals surface area contributed by atoms with E-state index in [9.17, 15) is 18.0 Å². The number of aromatic nitrogens is 2. The van der Waals surface area contributed by atoms with E-state index in [0.29, 0.717) is 28.9 Å². The number of nitrogens with zero attached hydrogens (tertiary/aromatic N) is 2. The summed E-state index contributed by atoms with van der Waals surface area (Å²) in [4.78, 5) is 16.6. The minimum Gasteiger partial charge on any atom is -0.334 e. The molecule has 2 aromatic carbocycles. The van der Waals surface area contributed by atoms with E-state index < -0.39 is 17.6 Å². The van der Waals surface area contributed by atoms with Gasteiger partial charge in [0, 0.05) is 17.0 Å². The monoisotopic (exact) mass is 407 g/mol. The van der Waals surface area contributed by atoms with Crippen molar-refractivity contribution in [2.24, 2.45) is 0 Å². The molecule has 0 atom stereocenters. The molecule has 0 radical (unpaired) electrons. The van der Waals surface area contributed by atoms with Gasteiger partial charge in [-0.3, -0.25) is 4.79 Å². The first-order valence-corrected chi connectivity index (χ1v) is 8.81. The first-order chi connectivity index (χ1) is 13.3. The largest absolute Gasteiger partial charge is 0.416 e. The second kappa shape index (κ2) is 6.94. The third-order valence-corrected chi connectivity index (χ3v) is 4.64. The van der Waals surface area contributed by atoms with Gasteiger partial charge >= 0.3 is 6.18 Å². The van der Waals surface area contributed by atoms with Crippen molar-refractivity contribution in [2.75, 3.05) is 5.32 Å². The van der Waals surface area contributed by atoms with Crippen LogP contribution in [0.5, 0.6) is 0 Å². The molecule has 0 bridgehead atoms. The van der Waals surface area contributed by atoms with Crippen molar-refractivity contribution in [1.82, 2.24) is 10.1 Å². The zero-order valence-corrected chi connectivity index (χ0v) is 15.0. The predicted molar refractivity (Wildman–Crippen MR) is 96.1 cm³/mol. The number of benzene rings is 2. The predicted octanol–water partition coefficient (Wildman–Crippen LogP) is 5.54. The summed E-state index contributed by atoms with van der Waals surface area (Å²) >= 11 is 6.22. The molecule has 28 heavy (non-hydrogen) atoms. The van der Waals surface area contributed by atoms with Crippen LogP contribution in [0.4, 0.5) is 18.9 Å². The molecule has 1 amide bonds. The smallest absolute Gasteiger partial charge is 0.334 e. The number of hydrogen-bond donors (Lipinski definition) is 1. The van der Waals surface area contributed by atoms with Crippen molar-refractivity contribution in [3.05, 3.63) is 64.4 Å². The number of carbonyl (C=O) groups is 1. The number of carbonyl (C=O) groups excluding carboxylic acids is 1. The van der Waals surface area contributed by atoms with Crippen molar-refractivity contribution in [3.63, 3.8) is 0 Å². The molecule has 1 fully saturated rings. The van der Waals surface area contributed by atoms with Crippen LogP contribution in [-0.2, 0) is 6.18 Å². The maximum Gasteiger partial charge on any atom is 0.416 e. The second-order valence-electron chi connectivity index (χ2n) is 6.46. The number of hydrogen-bond acceptors (Lipinski definition) is 4. The fraction of sp³-hybridized carbons (Fsp3) is 0.211. The SMILES string of the molecule is O=C(Nc1ccc(-c2nc(C3CC3)no2)cc1Cl)c1ccc(C(F)(F)F)cc1. The molecule has 9 heteroatoms. The molecule has 5 nitrogen and oxygen atoms in total. The normalized spacial score (nSPS) is 14.1. The number of anilines is 1. The summed E-state index contributed by atoms with van der Waals surface area (Å²) in [6.45, 7) is 0. The Balaban J connectivity index is 1.49. The maximum absolute atomic E-state index is 12.6. The fourth-order valence-electron chi connectivity index (χ4n) is 2.61. The highest BCUT2D eigenvalue weighted by Gasteiger charge is 2.30. The van der Waals surface area contributed by atoms with Crippen molar-refractivity contribution in [2.45, 2.75) is 24.9 Å². The van der Waals surface area contributed by atoms with Gasteiger partial charge in [0.15, 0.2) is 5.82 Å². The summed E-state index contributed by atoms with van der Waals surface area (Å²) in [5.74, 6) is 0.794. The Morgan fingerprint density at radius 3 is 2.46 bits per heavy atom. The van der Waals surface area contributed by atoms with Crippen LogP contribution in [0.15, 0.2) is 47.0 Å². The summed E-state index contributed by atoms with van der Waals surface area (Å²) in [5.41, 5.74) is 0.185. The Hall–Kier alpha value is -2.87. The van der Waals surface area contributed by atoms with Crippen molar-refractivity contribution >= 4 is 23.2 Å². The molecule has 144 valence electrons. The molecule has 1 saturated carbocycles. The van der Waals surface area contributed by atoms with E-state index in [2.05, 4.69) is 15.5 Å². The molecule has 3 aromatic rings. The first-order valence-electron chi connectivity index (χ1n) is 8.43. The van der Waals surface area contributed by atoms with Crippen LogP contribution < -0.4 is 5.32 Å². The van der Waals surface area contributed by atoms with E-state index in [1.165, 1.54) is 0 Å². The number of amides is 1. The molecule has 1 heterocycles. The van der Waals surface area contributed by atoms with Crippen LogP contribution >= 0.6 is 11.6 Å². The quantitative estimate of drug-likeness (QED) is 0.616. The lowest BCUT2D eigenvalue weighted by atomic mass is 10.1. The Morgan fingerprint density at radius 2 is 1.86 bits per heavy atom. The minimum absolute atomic E-state index is 0.0825. The van der Waals surface area contributed by atoms with Gasteiger partial charge in [-0.15, -0.1) is 0 Å². The van der Waals surface area contributed by atoms with Crippen LogP contribution in [0, 0.1) is 0 Å². The van der Waals surface area contributed by atoms with E-state index >= 15 is 0 Å². The van der Waals surface area contributed by atoms with Crippen LogP contribution in [0.2, 0.25) is 5.02 Å². The summed E-state index contributed by atoms with van der Waals surface area (Å²) in [6, 6.07) is 8.74. The molecule has 0 spiro atoms.